The summed E-state index contributed by atoms with van der Waals surface area (Å²) in [6, 6.07) is 18.0. The van der Waals surface area contributed by atoms with Gasteiger partial charge >= 0.3 is 5.97 Å². The fraction of sp³-hybridized carbons (Fsp3) is 0.167. The van der Waals surface area contributed by atoms with Gasteiger partial charge in [0.2, 0.25) is 0 Å². The predicted octanol–water partition coefficient (Wildman–Crippen LogP) is 3.96. The molecule has 0 aliphatic rings. The van der Waals surface area contributed by atoms with E-state index < -0.39 is 5.97 Å². The molecule has 102 valence electrons. The number of benzene rings is 2. The van der Waals surface area contributed by atoms with Crippen LogP contribution in [0.3, 0.4) is 0 Å². The van der Waals surface area contributed by atoms with Crippen molar-refractivity contribution in [1.29, 1.82) is 0 Å². The number of rotatable bonds is 5. The Morgan fingerprint density at radius 2 is 1.65 bits per heavy atom. The van der Waals surface area contributed by atoms with Crippen molar-refractivity contribution in [3.8, 4) is 0 Å². The molecule has 2 rings (SSSR count). The molecular formula is C18H18O2. The minimum Gasteiger partial charge on any atom is -0.478 e. The van der Waals surface area contributed by atoms with Crippen LogP contribution in [0.15, 0.2) is 60.7 Å². The summed E-state index contributed by atoms with van der Waals surface area (Å²) < 4.78 is 0. The van der Waals surface area contributed by atoms with Crippen LogP contribution in [0.2, 0.25) is 0 Å². The van der Waals surface area contributed by atoms with Crippen molar-refractivity contribution in [2.45, 2.75) is 19.8 Å². The summed E-state index contributed by atoms with van der Waals surface area (Å²) in [5, 5.41) is 9.27. The van der Waals surface area contributed by atoms with Crippen molar-refractivity contribution in [1.82, 2.24) is 0 Å². The molecule has 0 aliphatic heterocycles. The number of hydrogen-bond acceptors (Lipinski definition) is 1. The van der Waals surface area contributed by atoms with E-state index >= 15 is 0 Å². The number of allylic oxidation sites excluding steroid dienone is 1. The van der Waals surface area contributed by atoms with Crippen LogP contribution in [0.5, 0.6) is 0 Å². The van der Waals surface area contributed by atoms with Crippen molar-refractivity contribution in [3.63, 3.8) is 0 Å². The van der Waals surface area contributed by atoms with Crippen LogP contribution in [-0.4, -0.2) is 11.1 Å². The van der Waals surface area contributed by atoms with Crippen LogP contribution in [0, 0.1) is 0 Å². The summed E-state index contributed by atoms with van der Waals surface area (Å²) in [6.45, 7) is 1.76. The highest BCUT2D eigenvalue weighted by Gasteiger charge is 2.12. The second kappa shape index (κ2) is 6.71. The van der Waals surface area contributed by atoms with E-state index in [4.69, 9.17) is 0 Å². The summed E-state index contributed by atoms with van der Waals surface area (Å²) in [5.41, 5.74) is 3.53. The number of carbonyl (C=O) groups is 1. The Morgan fingerprint density at radius 3 is 2.30 bits per heavy atom. The third kappa shape index (κ3) is 3.35. The molecule has 0 atom stereocenters. The molecule has 0 spiro atoms. The lowest BCUT2D eigenvalue weighted by Gasteiger charge is -2.10. The van der Waals surface area contributed by atoms with Gasteiger partial charge in [-0.1, -0.05) is 60.7 Å². The van der Waals surface area contributed by atoms with Gasteiger partial charge in [0.25, 0.3) is 0 Å². The molecule has 0 saturated carbocycles. The van der Waals surface area contributed by atoms with Gasteiger partial charge in [-0.2, -0.15) is 0 Å². The predicted molar refractivity (Wildman–Crippen MR) is 81.6 cm³/mol. The Labute approximate surface area is 119 Å². The summed E-state index contributed by atoms with van der Waals surface area (Å²) in [5.74, 6) is -0.875. The minimum absolute atomic E-state index is 0.369. The summed E-state index contributed by atoms with van der Waals surface area (Å²) in [6.07, 6.45) is 3.41. The molecule has 0 heterocycles. The number of aryl methyl sites for hydroxylation is 2. The average Bonchev–Trinajstić information content (AvgIpc) is 2.48. The Balaban J connectivity index is 2.22. The molecule has 0 fully saturated rings. The van der Waals surface area contributed by atoms with Gasteiger partial charge in [0.1, 0.15) is 0 Å². The van der Waals surface area contributed by atoms with Gasteiger partial charge < -0.3 is 5.11 Å². The van der Waals surface area contributed by atoms with E-state index in [0.717, 1.165) is 24.0 Å². The standard InChI is InChI=1S/C18H18O2/c1-2-16(18(19)20)17-11-7-6-10-15(17)13-12-14-8-4-3-5-9-14/h2-11H,12-13H2,1H3,(H,19,20). The lowest BCUT2D eigenvalue weighted by Crippen LogP contribution is -2.03. The number of carboxylic acid groups (broad SMARTS) is 1. The first kappa shape index (κ1) is 14.1. The fourth-order valence-corrected chi connectivity index (χ4v) is 2.32. The normalized spacial score (nSPS) is 11.3. The third-order valence-electron chi connectivity index (χ3n) is 3.35. The van der Waals surface area contributed by atoms with E-state index in [1.807, 2.05) is 42.5 Å². The molecule has 0 aliphatic carbocycles. The Bertz CT molecular complexity index is 612. The van der Waals surface area contributed by atoms with Crippen molar-refractivity contribution >= 4 is 11.5 Å². The summed E-state index contributed by atoms with van der Waals surface area (Å²) in [4.78, 5) is 11.3. The zero-order chi connectivity index (χ0) is 14.4. The van der Waals surface area contributed by atoms with Gasteiger partial charge in [-0.3, -0.25) is 0 Å². The highest BCUT2D eigenvalue weighted by molar-refractivity contribution is 6.15. The molecule has 0 bridgehead atoms. The van der Waals surface area contributed by atoms with E-state index in [0.29, 0.717) is 5.57 Å². The third-order valence-corrected chi connectivity index (χ3v) is 3.35. The topological polar surface area (TPSA) is 37.3 Å². The second-order valence-electron chi connectivity index (χ2n) is 4.65. The quantitative estimate of drug-likeness (QED) is 0.832. The number of hydrogen-bond donors (Lipinski definition) is 1. The highest BCUT2D eigenvalue weighted by atomic mass is 16.4. The Kier molecular flexibility index (Phi) is 4.72. The Hall–Kier alpha value is -2.35. The summed E-state index contributed by atoms with van der Waals surface area (Å²) in [7, 11) is 0. The van der Waals surface area contributed by atoms with E-state index in [-0.39, 0.29) is 0 Å². The first-order chi connectivity index (χ1) is 9.72. The van der Waals surface area contributed by atoms with Gasteiger partial charge in [0, 0.05) is 0 Å². The molecule has 2 nitrogen and oxygen atoms in total. The monoisotopic (exact) mass is 266 g/mol. The molecule has 20 heavy (non-hydrogen) atoms. The zero-order valence-corrected chi connectivity index (χ0v) is 11.5. The average molecular weight is 266 g/mol. The molecule has 1 N–H and O–H groups in total. The maximum absolute atomic E-state index is 11.3. The molecule has 0 saturated heterocycles. The maximum Gasteiger partial charge on any atom is 0.335 e. The van der Waals surface area contributed by atoms with Crippen molar-refractivity contribution in [2.24, 2.45) is 0 Å². The largest absolute Gasteiger partial charge is 0.478 e. The lowest BCUT2D eigenvalue weighted by atomic mass is 9.95. The molecule has 0 aromatic heterocycles. The highest BCUT2D eigenvalue weighted by Crippen LogP contribution is 2.21. The number of carboxylic acids is 1. The van der Waals surface area contributed by atoms with Crippen molar-refractivity contribution < 1.29 is 9.90 Å². The van der Waals surface area contributed by atoms with Crippen LogP contribution < -0.4 is 0 Å². The van der Waals surface area contributed by atoms with Gasteiger partial charge in [-0.25, -0.2) is 4.79 Å². The maximum atomic E-state index is 11.3. The van der Waals surface area contributed by atoms with Crippen molar-refractivity contribution in [2.75, 3.05) is 0 Å². The van der Waals surface area contributed by atoms with Gasteiger partial charge in [0.15, 0.2) is 0 Å². The van der Waals surface area contributed by atoms with Crippen LogP contribution >= 0.6 is 0 Å². The van der Waals surface area contributed by atoms with Crippen LogP contribution in [0.4, 0.5) is 0 Å². The van der Waals surface area contributed by atoms with Crippen LogP contribution in [-0.2, 0) is 17.6 Å². The van der Waals surface area contributed by atoms with E-state index in [1.54, 1.807) is 13.0 Å². The first-order valence-corrected chi connectivity index (χ1v) is 6.74. The van der Waals surface area contributed by atoms with Gasteiger partial charge in [0.05, 0.1) is 5.57 Å². The first-order valence-electron chi connectivity index (χ1n) is 6.74. The number of aliphatic carboxylic acids is 1. The van der Waals surface area contributed by atoms with E-state index in [2.05, 4.69) is 12.1 Å². The molecule has 2 aromatic carbocycles. The molecule has 2 aromatic rings. The Morgan fingerprint density at radius 1 is 1.00 bits per heavy atom. The SMILES string of the molecule is CC=C(C(=O)O)c1ccccc1CCc1ccccc1. The molecule has 2 heteroatoms. The lowest BCUT2D eigenvalue weighted by molar-refractivity contribution is -0.130. The van der Waals surface area contributed by atoms with Crippen LogP contribution in [0.25, 0.3) is 5.57 Å². The molecule has 0 radical (unpaired) electrons. The van der Waals surface area contributed by atoms with Crippen LogP contribution in [0.1, 0.15) is 23.6 Å². The zero-order valence-electron chi connectivity index (χ0n) is 11.5. The van der Waals surface area contributed by atoms with E-state index in [9.17, 15) is 9.90 Å². The fourth-order valence-electron chi connectivity index (χ4n) is 2.32. The van der Waals surface area contributed by atoms with E-state index in [1.165, 1.54) is 5.56 Å². The van der Waals surface area contributed by atoms with Gasteiger partial charge in [-0.05, 0) is 36.5 Å². The minimum atomic E-state index is -0.875. The summed E-state index contributed by atoms with van der Waals surface area (Å²) >= 11 is 0. The molecule has 0 unspecified atom stereocenters. The second-order valence-corrected chi connectivity index (χ2v) is 4.65. The van der Waals surface area contributed by atoms with Gasteiger partial charge in [-0.15, -0.1) is 0 Å². The smallest absolute Gasteiger partial charge is 0.335 e. The molecular weight excluding hydrogens is 248 g/mol. The van der Waals surface area contributed by atoms with Crippen molar-refractivity contribution in [3.05, 3.63) is 77.4 Å². The molecule has 0 amide bonds.